The fraction of sp³-hybridized carbons (Fsp3) is 0.300. The summed E-state index contributed by atoms with van der Waals surface area (Å²) in [6.45, 7) is 6.26. The van der Waals surface area contributed by atoms with Crippen molar-refractivity contribution in [1.82, 2.24) is 13.9 Å². The third kappa shape index (κ3) is 3.70. The topological polar surface area (TPSA) is 72.3 Å². The number of halogens is 1. The summed E-state index contributed by atoms with van der Waals surface area (Å²) in [7, 11) is -3.67. The molecule has 0 N–H and O–H groups in total. The van der Waals surface area contributed by atoms with Gasteiger partial charge in [0, 0.05) is 30.7 Å². The largest absolute Gasteiger partial charge is 0.308 e. The molecule has 3 aromatic rings. The molecular weight excluding hydrogens is 398 g/mol. The van der Waals surface area contributed by atoms with Crippen LogP contribution in [-0.4, -0.2) is 35.4 Å². The van der Waals surface area contributed by atoms with Gasteiger partial charge in [0.15, 0.2) is 0 Å². The fourth-order valence-electron chi connectivity index (χ4n) is 3.18. The van der Waals surface area contributed by atoms with Crippen molar-refractivity contribution in [2.75, 3.05) is 13.1 Å². The van der Waals surface area contributed by atoms with Gasteiger partial charge in [-0.15, -0.1) is 0 Å². The lowest BCUT2D eigenvalue weighted by atomic mass is 10.1. The Balaban J connectivity index is 2.08. The number of aromatic nitrogens is 2. The van der Waals surface area contributed by atoms with Gasteiger partial charge in [-0.2, -0.15) is 4.31 Å². The number of sulfonamides is 1. The van der Waals surface area contributed by atoms with Crippen LogP contribution in [0.15, 0.2) is 52.3 Å². The van der Waals surface area contributed by atoms with Crippen molar-refractivity contribution in [2.45, 2.75) is 32.2 Å². The van der Waals surface area contributed by atoms with E-state index in [2.05, 4.69) is 4.98 Å². The second-order valence-electron chi connectivity index (χ2n) is 6.43. The van der Waals surface area contributed by atoms with Gasteiger partial charge >= 0.3 is 0 Å². The molecule has 0 saturated heterocycles. The van der Waals surface area contributed by atoms with Gasteiger partial charge in [0.25, 0.3) is 5.56 Å². The van der Waals surface area contributed by atoms with Crippen molar-refractivity contribution in [3.63, 3.8) is 0 Å². The molecule has 2 heterocycles. The lowest BCUT2D eigenvalue weighted by molar-refractivity contribution is 0.444. The van der Waals surface area contributed by atoms with E-state index in [4.69, 9.17) is 11.6 Å². The Morgan fingerprint density at radius 1 is 1.11 bits per heavy atom. The van der Waals surface area contributed by atoms with Crippen molar-refractivity contribution >= 4 is 32.5 Å². The summed E-state index contributed by atoms with van der Waals surface area (Å²) in [6, 6.07) is 10.2. The molecule has 0 bridgehead atoms. The van der Waals surface area contributed by atoms with Crippen LogP contribution in [0.25, 0.3) is 10.9 Å². The number of hydrogen-bond donors (Lipinski definition) is 0. The maximum atomic E-state index is 12.8. The van der Waals surface area contributed by atoms with Gasteiger partial charge in [-0.1, -0.05) is 43.6 Å². The van der Waals surface area contributed by atoms with Crippen LogP contribution in [0, 0.1) is 6.92 Å². The molecule has 2 aromatic heterocycles. The second-order valence-corrected chi connectivity index (χ2v) is 8.75. The van der Waals surface area contributed by atoms with E-state index in [0.29, 0.717) is 23.8 Å². The van der Waals surface area contributed by atoms with Gasteiger partial charge in [0.2, 0.25) is 10.0 Å². The molecule has 1 aromatic carbocycles. The standard InChI is InChI=1S/C20H22ClN3O3S/c1-4-24(5-2)28(26,27)15-10-11-19(25)23(12-15)13-18-20(21)14(3)16-8-6-7-9-17(16)22-18/h6-12H,4-5,13H2,1-3H3. The number of nitrogens with zero attached hydrogens (tertiary/aromatic N) is 3. The molecule has 0 unspecified atom stereocenters. The molecule has 0 fully saturated rings. The molecule has 0 spiro atoms. The molecule has 0 aliphatic heterocycles. The highest BCUT2D eigenvalue weighted by atomic mass is 35.5. The number of aryl methyl sites for hydroxylation is 1. The molecular formula is C20H22ClN3O3S. The zero-order valence-electron chi connectivity index (χ0n) is 16.0. The predicted molar refractivity (Wildman–Crippen MR) is 111 cm³/mol. The van der Waals surface area contributed by atoms with Crippen LogP contribution in [0.1, 0.15) is 25.1 Å². The first kappa shape index (κ1) is 20.5. The number of para-hydroxylation sites is 1. The molecule has 6 nitrogen and oxygen atoms in total. The summed E-state index contributed by atoms with van der Waals surface area (Å²) >= 11 is 6.50. The minimum absolute atomic E-state index is 0.0735. The minimum atomic E-state index is -3.67. The Hall–Kier alpha value is -2.22. The molecule has 0 saturated carbocycles. The van der Waals surface area contributed by atoms with E-state index in [1.54, 1.807) is 13.8 Å². The van der Waals surface area contributed by atoms with E-state index in [0.717, 1.165) is 16.5 Å². The summed E-state index contributed by atoms with van der Waals surface area (Å²) in [4.78, 5) is 17.0. The van der Waals surface area contributed by atoms with Gasteiger partial charge in [0.05, 0.1) is 27.7 Å². The lowest BCUT2D eigenvalue weighted by Gasteiger charge is -2.19. The van der Waals surface area contributed by atoms with Crippen molar-refractivity contribution in [3.8, 4) is 0 Å². The van der Waals surface area contributed by atoms with Crippen LogP contribution in [0.3, 0.4) is 0 Å². The van der Waals surface area contributed by atoms with Crippen LogP contribution in [0.2, 0.25) is 5.02 Å². The van der Waals surface area contributed by atoms with E-state index in [1.165, 1.54) is 27.2 Å². The second kappa shape index (κ2) is 8.03. The van der Waals surface area contributed by atoms with E-state index < -0.39 is 10.0 Å². The molecule has 0 atom stereocenters. The molecule has 0 radical (unpaired) electrons. The highest BCUT2D eigenvalue weighted by Gasteiger charge is 2.22. The summed E-state index contributed by atoms with van der Waals surface area (Å²) in [6.07, 6.45) is 1.36. The number of fused-ring (bicyclic) bond motifs is 1. The molecule has 28 heavy (non-hydrogen) atoms. The number of benzene rings is 1. The van der Waals surface area contributed by atoms with Crippen molar-refractivity contribution in [2.24, 2.45) is 0 Å². The molecule has 3 rings (SSSR count). The highest BCUT2D eigenvalue weighted by Crippen LogP contribution is 2.27. The highest BCUT2D eigenvalue weighted by molar-refractivity contribution is 7.89. The van der Waals surface area contributed by atoms with Gasteiger partial charge in [-0.25, -0.2) is 13.4 Å². The van der Waals surface area contributed by atoms with Crippen LogP contribution < -0.4 is 5.56 Å². The normalized spacial score (nSPS) is 12.0. The van der Waals surface area contributed by atoms with Crippen LogP contribution in [0.4, 0.5) is 0 Å². The molecule has 148 valence electrons. The van der Waals surface area contributed by atoms with E-state index >= 15 is 0 Å². The van der Waals surface area contributed by atoms with Gasteiger partial charge in [-0.3, -0.25) is 4.79 Å². The SMILES string of the molecule is CCN(CC)S(=O)(=O)c1ccc(=O)n(Cc2nc3ccccc3c(C)c2Cl)c1. The monoisotopic (exact) mass is 419 g/mol. The average molecular weight is 420 g/mol. The molecule has 0 aliphatic carbocycles. The predicted octanol–water partition coefficient (Wildman–Crippen LogP) is 3.44. The summed E-state index contributed by atoms with van der Waals surface area (Å²) in [5.74, 6) is 0. The van der Waals surface area contributed by atoms with E-state index in [1.807, 2.05) is 31.2 Å². The van der Waals surface area contributed by atoms with Crippen LogP contribution in [0.5, 0.6) is 0 Å². The van der Waals surface area contributed by atoms with Crippen molar-refractivity contribution in [1.29, 1.82) is 0 Å². The minimum Gasteiger partial charge on any atom is -0.308 e. The Morgan fingerprint density at radius 3 is 2.46 bits per heavy atom. The summed E-state index contributed by atoms with van der Waals surface area (Å²) in [5.41, 5.74) is 1.86. The Labute approximate surface area is 169 Å². The summed E-state index contributed by atoms with van der Waals surface area (Å²) in [5, 5.41) is 1.42. The van der Waals surface area contributed by atoms with E-state index in [-0.39, 0.29) is 17.0 Å². The quantitative estimate of drug-likeness (QED) is 0.613. The van der Waals surface area contributed by atoms with Gasteiger partial charge in [0.1, 0.15) is 0 Å². The van der Waals surface area contributed by atoms with Crippen molar-refractivity contribution in [3.05, 3.63) is 69.2 Å². The average Bonchev–Trinajstić information content (AvgIpc) is 2.68. The number of hydrogen-bond acceptors (Lipinski definition) is 4. The smallest absolute Gasteiger partial charge is 0.250 e. The fourth-order valence-corrected chi connectivity index (χ4v) is 4.86. The Morgan fingerprint density at radius 2 is 1.79 bits per heavy atom. The Bertz CT molecular complexity index is 1190. The third-order valence-corrected chi connectivity index (χ3v) is 7.30. The van der Waals surface area contributed by atoms with Gasteiger partial charge in [-0.05, 0) is 24.6 Å². The van der Waals surface area contributed by atoms with Crippen LogP contribution in [-0.2, 0) is 16.6 Å². The molecule has 0 amide bonds. The van der Waals surface area contributed by atoms with Gasteiger partial charge < -0.3 is 4.57 Å². The van der Waals surface area contributed by atoms with Crippen molar-refractivity contribution < 1.29 is 8.42 Å². The molecule has 0 aliphatic rings. The first-order valence-corrected chi connectivity index (χ1v) is 10.9. The zero-order valence-corrected chi connectivity index (χ0v) is 17.6. The Kier molecular flexibility index (Phi) is 5.88. The first-order chi connectivity index (χ1) is 13.3. The maximum absolute atomic E-state index is 12.8. The zero-order chi connectivity index (χ0) is 20.5. The first-order valence-electron chi connectivity index (χ1n) is 9.04. The number of rotatable bonds is 6. The third-order valence-electron chi connectivity index (χ3n) is 4.77. The van der Waals surface area contributed by atoms with Crippen LogP contribution >= 0.6 is 11.6 Å². The maximum Gasteiger partial charge on any atom is 0.250 e. The van der Waals surface area contributed by atoms with E-state index in [9.17, 15) is 13.2 Å². The summed E-state index contributed by atoms with van der Waals surface area (Å²) < 4.78 is 28.2. The molecule has 8 heteroatoms. The lowest BCUT2D eigenvalue weighted by Crippen LogP contribution is -2.32. The number of pyridine rings is 2.